The van der Waals surface area contributed by atoms with Crippen molar-refractivity contribution in [3.05, 3.63) is 161 Å². The Kier molecular flexibility index (Phi) is 23.9. The van der Waals surface area contributed by atoms with Gasteiger partial charge in [-0.25, -0.2) is 0 Å². The van der Waals surface area contributed by atoms with E-state index >= 15 is 0 Å². The number of aliphatic imine (C=N–C) groups is 1. The minimum absolute atomic E-state index is 0. The van der Waals surface area contributed by atoms with Gasteiger partial charge in [0, 0.05) is 66.0 Å². The summed E-state index contributed by atoms with van der Waals surface area (Å²) in [6.45, 7) is 8.36. The van der Waals surface area contributed by atoms with Gasteiger partial charge in [-0.2, -0.15) is 0 Å². The van der Waals surface area contributed by atoms with Gasteiger partial charge in [-0.1, -0.05) is 102 Å². The Labute approximate surface area is 515 Å². The number of benzene rings is 6. The number of ketones is 2. The number of rotatable bonds is 11. The molecule has 0 spiro atoms. The summed E-state index contributed by atoms with van der Waals surface area (Å²) in [4.78, 5) is 64.9. The van der Waals surface area contributed by atoms with E-state index in [-0.39, 0.29) is 120 Å². The molecule has 0 fully saturated rings. The van der Waals surface area contributed by atoms with Crippen molar-refractivity contribution in [3.63, 3.8) is 0 Å². The van der Waals surface area contributed by atoms with Gasteiger partial charge in [0.15, 0.2) is 17.6 Å². The van der Waals surface area contributed by atoms with Crippen molar-refractivity contribution in [1.29, 1.82) is 0 Å². The molecule has 3 aliphatic heterocycles. The zero-order valence-corrected chi connectivity index (χ0v) is 50.2. The number of halogens is 1. The molecule has 2 N–H and O–H groups in total. The number of carboxylic acids is 1. The molecule has 12 nitrogen and oxygen atoms in total. The van der Waals surface area contributed by atoms with E-state index in [2.05, 4.69) is 126 Å². The van der Waals surface area contributed by atoms with Crippen LogP contribution in [0.1, 0.15) is 59.0 Å². The molecular formula is C54H55ClK2N6O6S2. The van der Waals surface area contributed by atoms with E-state index in [1.165, 1.54) is 31.0 Å². The van der Waals surface area contributed by atoms with Gasteiger partial charge in [-0.05, 0) is 129 Å². The van der Waals surface area contributed by atoms with E-state index < -0.39 is 17.9 Å². The van der Waals surface area contributed by atoms with Crippen molar-refractivity contribution in [3.8, 4) is 0 Å². The van der Waals surface area contributed by atoms with Gasteiger partial charge in [0.05, 0.1) is 40.1 Å². The molecule has 0 aliphatic carbocycles. The molecule has 1 amide bonds. The zero-order valence-electron chi connectivity index (χ0n) is 41.6. The number of hydrogen-bond donors (Lipinski definition) is 1. The summed E-state index contributed by atoms with van der Waals surface area (Å²) in [7, 11) is 8.40. The first-order valence-corrected chi connectivity index (χ1v) is 24.3. The van der Waals surface area contributed by atoms with Crippen molar-refractivity contribution in [2.75, 3.05) is 62.9 Å². The molecule has 2 atom stereocenters. The third-order valence-corrected chi connectivity index (χ3v) is 14.1. The molecule has 3 heterocycles. The molecule has 0 radical (unpaired) electrons. The average molecular weight is 1060 g/mol. The number of Topliss-reactive ketones (excluding diaryl/α,β-unsaturated/α-hetero) is 2. The van der Waals surface area contributed by atoms with Gasteiger partial charge in [0.1, 0.15) is 0 Å². The number of nitrogens with one attached hydrogen (secondary N) is 1. The Morgan fingerprint density at radius 1 is 0.704 bits per heavy atom. The van der Waals surface area contributed by atoms with Gasteiger partial charge in [0.25, 0.3) is 5.91 Å². The van der Waals surface area contributed by atoms with Crippen LogP contribution < -0.4 is 123 Å². The number of anilines is 5. The molecule has 71 heavy (non-hydrogen) atoms. The summed E-state index contributed by atoms with van der Waals surface area (Å²) in [6.07, 6.45) is 1.08. The second-order valence-electron chi connectivity index (χ2n) is 17.1. The number of aliphatic carboxylic acids is 1. The van der Waals surface area contributed by atoms with Gasteiger partial charge < -0.3 is 40.3 Å². The first kappa shape index (κ1) is 60.6. The number of hydrogen-bond acceptors (Lipinski definition) is 13. The van der Waals surface area contributed by atoms with Gasteiger partial charge in [-0.15, -0.1) is 0 Å². The standard InChI is InChI=1S/2C19H22N2OS.C16H11ClN2O3.2K.H2O/c1-13(20(3)4)12-21-16-7-5-6-8-18(16)23-19-10-9-15(14(2)22)11-17(19)21;1-14(22)15-9-10-19-17(13-15)21(12-6-11-20(2)3)16-7-4-5-8-18(16)23-19;17-10-6-7-12-11(8-10)13(9-4-2-1-3-5-9)19-14(16(21)22)15(20)18-12;;;/h5-11,13H,12H2,1-4H3;4-5,7-10,13H,6,11-12H2,1-3H3;1-8,14H,(H,18,20)(H,21,22);;;1H2/q;;;2*+1;/p-2. The molecule has 0 saturated carbocycles. The summed E-state index contributed by atoms with van der Waals surface area (Å²) < 4.78 is 0. The monoisotopic (exact) mass is 1060 g/mol. The van der Waals surface area contributed by atoms with E-state index in [1.807, 2.05) is 30.3 Å². The Hall–Kier alpha value is -2.99. The molecule has 358 valence electrons. The molecule has 6 aromatic rings. The van der Waals surface area contributed by atoms with E-state index in [0.29, 0.717) is 33.6 Å². The van der Waals surface area contributed by atoms with E-state index in [1.54, 1.807) is 79.8 Å². The largest absolute Gasteiger partial charge is 1.00 e. The Morgan fingerprint density at radius 2 is 1.21 bits per heavy atom. The SMILES string of the molecule is CC(=O)c1ccc2c(c1)N(CC(C)N(C)C)c1ccccc1S2.CC(=O)c1ccc2c(c1)N(CCCN(C)C)c1ccccc1S2.O=C([O-])C1N=C(c2ccccc2)c2cc(Cl)ccc2NC1=O.[K+].[K+].[OH-]. The summed E-state index contributed by atoms with van der Waals surface area (Å²) >= 11 is 9.58. The maximum atomic E-state index is 12.0. The Bertz CT molecular complexity index is 2890. The van der Waals surface area contributed by atoms with Crippen LogP contribution in [0.2, 0.25) is 5.02 Å². The summed E-state index contributed by atoms with van der Waals surface area (Å²) in [5.41, 5.74) is 8.39. The van der Waals surface area contributed by atoms with Crippen molar-refractivity contribution in [1.82, 2.24) is 9.80 Å². The molecule has 2 unspecified atom stereocenters. The summed E-state index contributed by atoms with van der Waals surface area (Å²) in [5, 5.41) is 14.2. The number of likely N-dealkylation sites (N-methyl/N-ethyl adjacent to an activating group) is 1. The minimum atomic E-state index is -1.61. The molecule has 6 aromatic carbocycles. The number of carboxylic acid groups (broad SMARTS) is 1. The Morgan fingerprint density at radius 3 is 1.73 bits per heavy atom. The van der Waals surface area contributed by atoms with Crippen LogP contribution in [0.15, 0.2) is 158 Å². The van der Waals surface area contributed by atoms with Crippen LogP contribution in [0.5, 0.6) is 0 Å². The number of amides is 1. The predicted molar refractivity (Wildman–Crippen MR) is 277 cm³/mol. The van der Waals surface area contributed by atoms with E-state index in [9.17, 15) is 24.3 Å². The van der Waals surface area contributed by atoms with Crippen molar-refractivity contribution < 1.29 is 133 Å². The van der Waals surface area contributed by atoms with Crippen LogP contribution in [0.4, 0.5) is 28.4 Å². The maximum absolute atomic E-state index is 12.0. The van der Waals surface area contributed by atoms with Crippen LogP contribution in [-0.4, -0.2) is 104 Å². The number of fused-ring (bicyclic) bond motifs is 5. The third-order valence-electron chi connectivity index (χ3n) is 11.7. The second kappa shape index (κ2) is 28.1. The smallest absolute Gasteiger partial charge is 0.870 e. The van der Waals surface area contributed by atoms with Gasteiger partial charge in [-0.3, -0.25) is 19.4 Å². The number of nitrogens with zero attached hydrogens (tertiary/aromatic N) is 5. The van der Waals surface area contributed by atoms with Crippen molar-refractivity contribution in [2.24, 2.45) is 4.99 Å². The summed E-state index contributed by atoms with van der Waals surface area (Å²) in [5.74, 6) is -2.07. The first-order valence-electron chi connectivity index (χ1n) is 22.2. The van der Waals surface area contributed by atoms with E-state index in [0.717, 1.165) is 48.6 Å². The average Bonchev–Trinajstić information content (AvgIpc) is 3.47. The molecule has 0 saturated heterocycles. The van der Waals surface area contributed by atoms with Crippen LogP contribution in [0.3, 0.4) is 0 Å². The fourth-order valence-electron chi connectivity index (χ4n) is 7.77. The number of para-hydroxylation sites is 2. The van der Waals surface area contributed by atoms with Crippen LogP contribution in [-0.2, 0) is 9.59 Å². The molecule has 3 aliphatic rings. The second-order valence-corrected chi connectivity index (χ2v) is 19.7. The van der Waals surface area contributed by atoms with Crippen molar-refractivity contribution in [2.45, 2.75) is 58.9 Å². The van der Waals surface area contributed by atoms with Crippen LogP contribution >= 0.6 is 35.1 Å². The number of carbonyl (C=O) groups excluding carboxylic acids is 4. The molecule has 9 rings (SSSR count). The predicted octanol–water partition coefficient (Wildman–Crippen LogP) is 3.96. The van der Waals surface area contributed by atoms with Crippen LogP contribution in [0.25, 0.3) is 0 Å². The molecule has 17 heteroatoms. The number of carbonyl (C=O) groups is 4. The van der Waals surface area contributed by atoms with Gasteiger partial charge >= 0.3 is 103 Å². The molecule has 0 bridgehead atoms. The summed E-state index contributed by atoms with van der Waals surface area (Å²) in [6, 6.07) is 41.7. The van der Waals surface area contributed by atoms with Crippen molar-refractivity contribution >= 4 is 92.7 Å². The molecule has 0 aromatic heterocycles. The minimum Gasteiger partial charge on any atom is -0.870 e. The Balaban J connectivity index is 0.000000227. The maximum Gasteiger partial charge on any atom is 1.00 e. The fourth-order valence-corrected chi connectivity index (χ4v) is 10.1. The molecular weight excluding hydrogens is 1010 g/mol. The first-order chi connectivity index (χ1) is 32.6. The van der Waals surface area contributed by atoms with E-state index in [4.69, 9.17) is 11.6 Å². The zero-order chi connectivity index (χ0) is 48.6. The normalized spacial score (nSPS) is 14.1. The van der Waals surface area contributed by atoms with Gasteiger partial charge in [0.2, 0.25) is 0 Å². The number of benzodiazepines with no additional fused rings is 1. The quantitative estimate of drug-likeness (QED) is 0.113. The fraction of sp³-hybridized carbons (Fsp3) is 0.241. The topological polar surface area (TPSA) is 159 Å². The third kappa shape index (κ3) is 15.3. The van der Waals surface area contributed by atoms with Crippen LogP contribution in [0, 0.1) is 0 Å².